The molecule has 1 aliphatic heterocycles. The zero-order chi connectivity index (χ0) is 26.4. The van der Waals surface area contributed by atoms with Gasteiger partial charge in [0.15, 0.2) is 5.69 Å². The van der Waals surface area contributed by atoms with E-state index in [-0.39, 0.29) is 47.8 Å². The number of aliphatic hydroxyl groups is 1. The van der Waals surface area contributed by atoms with Crippen molar-refractivity contribution in [2.75, 3.05) is 20.6 Å². The molecule has 3 N–H and O–H groups in total. The summed E-state index contributed by atoms with van der Waals surface area (Å²) >= 11 is 1.09. The van der Waals surface area contributed by atoms with Crippen LogP contribution in [0.15, 0.2) is 5.38 Å². The predicted molar refractivity (Wildman–Crippen MR) is 136 cm³/mol. The third-order valence-electron chi connectivity index (χ3n) is 7.32. The van der Waals surface area contributed by atoms with E-state index in [1.807, 2.05) is 34.7 Å². The molecule has 1 fully saturated rings. The van der Waals surface area contributed by atoms with Crippen LogP contribution in [0.25, 0.3) is 0 Å². The Bertz CT molecular complexity index is 876. The number of nitrogens with zero attached hydrogens (tertiary/aromatic N) is 3. The number of hydrogen-bond acceptors (Lipinski definition) is 7. The molecular weight excluding hydrogens is 468 g/mol. The number of aromatic carboxylic acids is 1. The van der Waals surface area contributed by atoms with E-state index in [0.717, 1.165) is 37.1 Å². The van der Waals surface area contributed by atoms with Crippen LogP contribution in [0.2, 0.25) is 0 Å². The van der Waals surface area contributed by atoms with Crippen molar-refractivity contribution in [3.05, 3.63) is 16.1 Å². The van der Waals surface area contributed by atoms with Crippen LogP contribution in [0, 0.1) is 17.8 Å². The Morgan fingerprint density at radius 3 is 2.51 bits per heavy atom. The molecule has 0 radical (unpaired) electrons. The molecule has 1 aromatic rings. The Labute approximate surface area is 212 Å². The van der Waals surface area contributed by atoms with Crippen LogP contribution < -0.4 is 5.32 Å². The van der Waals surface area contributed by atoms with Crippen LogP contribution in [0.5, 0.6) is 0 Å². The van der Waals surface area contributed by atoms with Crippen molar-refractivity contribution in [1.82, 2.24) is 20.1 Å². The zero-order valence-corrected chi connectivity index (χ0v) is 22.8. The molecule has 1 aromatic heterocycles. The van der Waals surface area contributed by atoms with Crippen molar-refractivity contribution in [3.63, 3.8) is 0 Å². The summed E-state index contributed by atoms with van der Waals surface area (Å²) in [4.78, 5) is 45.8. The number of nitrogens with one attached hydrogen (secondary N) is 1. The number of carbonyl (C=O) groups excluding carboxylic acids is 2. The van der Waals surface area contributed by atoms with Crippen molar-refractivity contribution in [3.8, 4) is 0 Å². The van der Waals surface area contributed by atoms with Gasteiger partial charge in [0.1, 0.15) is 17.2 Å². The Balaban J connectivity index is 2.18. The van der Waals surface area contributed by atoms with Gasteiger partial charge in [-0.1, -0.05) is 41.0 Å². The summed E-state index contributed by atoms with van der Waals surface area (Å²) in [6.45, 7) is 10.9. The number of piperidine rings is 1. The van der Waals surface area contributed by atoms with Crippen LogP contribution in [-0.4, -0.2) is 81.5 Å². The number of rotatable bonds is 11. The highest BCUT2D eigenvalue weighted by molar-refractivity contribution is 7.09. The average Bonchev–Trinajstić information content (AvgIpc) is 3.31. The minimum absolute atomic E-state index is 0.0242. The van der Waals surface area contributed by atoms with Gasteiger partial charge in [-0.2, -0.15) is 0 Å². The van der Waals surface area contributed by atoms with E-state index in [1.54, 1.807) is 11.9 Å². The molecule has 0 aliphatic carbocycles. The fourth-order valence-electron chi connectivity index (χ4n) is 4.63. The number of hydrogen-bond donors (Lipinski definition) is 3. The molecule has 2 rings (SSSR count). The molecule has 35 heavy (non-hydrogen) atoms. The first-order chi connectivity index (χ1) is 16.4. The Hall–Kier alpha value is -2.04. The summed E-state index contributed by atoms with van der Waals surface area (Å²) < 4.78 is 0. The highest BCUT2D eigenvalue weighted by Crippen LogP contribution is 2.28. The molecule has 6 atom stereocenters. The lowest BCUT2D eigenvalue weighted by molar-refractivity contribution is -0.141. The number of likely N-dealkylation sites (tertiary alicyclic amines) is 1. The second-order valence-electron chi connectivity index (χ2n) is 10.4. The highest BCUT2D eigenvalue weighted by Gasteiger charge is 2.37. The molecular formula is C25H42N4O5S. The third kappa shape index (κ3) is 7.47. The van der Waals surface area contributed by atoms with E-state index in [4.69, 9.17) is 5.11 Å². The topological polar surface area (TPSA) is 123 Å². The molecule has 2 amide bonds. The minimum Gasteiger partial charge on any atom is -0.476 e. The lowest BCUT2D eigenvalue weighted by Gasteiger charge is -2.38. The van der Waals surface area contributed by atoms with Gasteiger partial charge in [-0.05, 0) is 44.2 Å². The molecule has 0 spiro atoms. The van der Waals surface area contributed by atoms with Crippen molar-refractivity contribution in [1.29, 1.82) is 0 Å². The second-order valence-corrected chi connectivity index (χ2v) is 11.3. The van der Waals surface area contributed by atoms with E-state index in [0.29, 0.717) is 10.9 Å². The van der Waals surface area contributed by atoms with E-state index >= 15 is 0 Å². The van der Waals surface area contributed by atoms with Crippen LogP contribution in [0.4, 0.5) is 0 Å². The first-order valence-electron chi connectivity index (χ1n) is 12.5. The summed E-state index contributed by atoms with van der Waals surface area (Å²) in [7, 11) is 3.66. The molecule has 1 aliphatic rings. The molecule has 10 heteroatoms. The maximum atomic E-state index is 13.7. The average molecular weight is 511 g/mol. The standard InChI is InChI=1S/C25H42N4O5S/c1-8-16(5)21(27-22(31)19-11-15(4)9-10-28(19)6)24(32)29(7)18(14(2)3)12-20(30)23-26-17(13-35-23)25(33)34/h13-16,18-21,30H,8-12H2,1-7H3,(H,27,31)(H,33,34)/t15-,16+,18-,19-,20-,21+/m1/s1. The van der Waals surface area contributed by atoms with Gasteiger partial charge < -0.3 is 20.4 Å². The highest BCUT2D eigenvalue weighted by atomic mass is 32.1. The van der Waals surface area contributed by atoms with Crippen molar-refractivity contribution in [2.45, 2.75) is 84.5 Å². The molecule has 0 aromatic carbocycles. The third-order valence-corrected chi connectivity index (χ3v) is 8.26. The maximum absolute atomic E-state index is 13.7. The number of aliphatic hydroxyl groups excluding tert-OH is 1. The predicted octanol–water partition coefficient (Wildman–Crippen LogP) is 3.01. The van der Waals surface area contributed by atoms with Gasteiger partial charge in [0.05, 0.1) is 6.04 Å². The molecule has 9 nitrogen and oxygen atoms in total. The van der Waals surface area contributed by atoms with Crippen molar-refractivity contribution in [2.24, 2.45) is 17.8 Å². The van der Waals surface area contributed by atoms with Gasteiger partial charge >= 0.3 is 5.97 Å². The molecule has 198 valence electrons. The SMILES string of the molecule is CC[C@H](C)[C@H](NC(=O)[C@H]1C[C@H](C)CCN1C)C(=O)N(C)[C@H](C[C@@H](O)c1nc(C(=O)O)cs1)C(C)C. The Morgan fingerprint density at radius 1 is 1.31 bits per heavy atom. The van der Waals surface area contributed by atoms with E-state index in [2.05, 4.69) is 22.1 Å². The van der Waals surface area contributed by atoms with E-state index < -0.39 is 18.1 Å². The number of aromatic nitrogens is 1. The molecule has 1 saturated heterocycles. The zero-order valence-electron chi connectivity index (χ0n) is 22.0. The quantitative estimate of drug-likeness (QED) is 0.418. The summed E-state index contributed by atoms with van der Waals surface area (Å²) in [6.07, 6.45) is 1.78. The number of thiazole rings is 1. The fourth-order valence-corrected chi connectivity index (χ4v) is 5.42. The van der Waals surface area contributed by atoms with Gasteiger partial charge in [0, 0.05) is 24.9 Å². The van der Waals surface area contributed by atoms with Gasteiger partial charge in [0.2, 0.25) is 11.8 Å². The van der Waals surface area contributed by atoms with Crippen LogP contribution >= 0.6 is 11.3 Å². The van der Waals surface area contributed by atoms with Crippen LogP contribution in [-0.2, 0) is 9.59 Å². The summed E-state index contributed by atoms with van der Waals surface area (Å²) in [5.74, 6) is -1.02. The molecule has 0 saturated carbocycles. The van der Waals surface area contributed by atoms with Crippen LogP contribution in [0.3, 0.4) is 0 Å². The van der Waals surface area contributed by atoms with Crippen LogP contribution in [0.1, 0.15) is 81.9 Å². The van der Waals surface area contributed by atoms with Gasteiger partial charge in [-0.25, -0.2) is 9.78 Å². The van der Waals surface area contributed by atoms with Gasteiger partial charge in [-0.3, -0.25) is 14.5 Å². The van der Waals surface area contributed by atoms with Crippen molar-refractivity contribution >= 4 is 29.1 Å². The monoisotopic (exact) mass is 510 g/mol. The van der Waals surface area contributed by atoms with E-state index in [1.165, 1.54) is 5.38 Å². The molecule has 2 heterocycles. The normalized spacial score (nSPS) is 22.3. The largest absolute Gasteiger partial charge is 0.476 e. The summed E-state index contributed by atoms with van der Waals surface area (Å²) in [5, 5.41) is 24.7. The minimum atomic E-state index is -1.14. The summed E-state index contributed by atoms with van der Waals surface area (Å²) in [6, 6.07) is -1.24. The summed E-state index contributed by atoms with van der Waals surface area (Å²) in [5.41, 5.74) is -0.101. The molecule has 0 unspecified atom stereocenters. The number of carboxylic acids is 1. The number of amides is 2. The second kappa shape index (κ2) is 12.8. The van der Waals surface area contributed by atoms with Gasteiger partial charge in [-0.15, -0.1) is 11.3 Å². The number of carbonyl (C=O) groups is 3. The van der Waals surface area contributed by atoms with E-state index in [9.17, 15) is 19.5 Å². The Kier molecular flexibility index (Phi) is 10.7. The smallest absolute Gasteiger partial charge is 0.355 e. The Morgan fingerprint density at radius 2 is 1.97 bits per heavy atom. The fraction of sp³-hybridized carbons (Fsp3) is 0.760. The van der Waals surface area contributed by atoms with Gasteiger partial charge in [0.25, 0.3) is 0 Å². The first kappa shape index (κ1) is 29.2. The lowest BCUT2D eigenvalue weighted by atomic mass is 9.90. The number of carboxylic acid groups (broad SMARTS) is 1. The maximum Gasteiger partial charge on any atom is 0.355 e. The lowest BCUT2D eigenvalue weighted by Crippen LogP contribution is -2.58. The molecule has 0 bridgehead atoms. The van der Waals surface area contributed by atoms with Crippen molar-refractivity contribution < 1.29 is 24.6 Å². The number of likely N-dealkylation sites (N-methyl/N-ethyl adjacent to an activating group) is 2. The first-order valence-corrected chi connectivity index (χ1v) is 13.4.